The molecule has 3 amide bonds. The van der Waals surface area contributed by atoms with Crippen LogP contribution in [0.15, 0.2) is 42.5 Å². The van der Waals surface area contributed by atoms with Gasteiger partial charge in [0.25, 0.3) is 0 Å². The van der Waals surface area contributed by atoms with Crippen LogP contribution in [-0.2, 0) is 14.3 Å². The van der Waals surface area contributed by atoms with Crippen molar-refractivity contribution < 1.29 is 33.3 Å². The monoisotopic (exact) mass is 1060 g/mol. The van der Waals surface area contributed by atoms with Gasteiger partial charge in [-0.2, -0.15) is 0 Å². The standard InChI is InChI=1S/C53H89N4O7.3CH3.Sn/c1-7-12-17-19-21-23-25-28-30-49(63-52(59)54-45-33-37-47(38-34-45)61-41-15-10-4)43-57(56(6)51(58)32-27-14-9-3)44-50(31-29-26-24-22-20-18-13-8-2)64-53(60)55-46-35-39-48(40-36-46)62-42-16-11-5;;;;/h33-35,37-40,49-50H,7-32,41-44H2,1-6H3,(H,54,59)(H,55,60);3*1H3;. The van der Waals surface area contributed by atoms with E-state index in [2.05, 4.69) is 66.1 Å². The van der Waals surface area contributed by atoms with E-state index in [0.29, 0.717) is 38.2 Å². The van der Waals surface area contributed by atoms with Crippen LogP contribution in [0.25, 0.3) is 0 Å². The van der Waals surface area contributed by atoms with E-state index < -0.39 is 42.8 Å². The minimum Gasteiger partial charge on any atom is -0.494 e. The van der Waals surface area contributed by atoms with Crippen molar-refractivity contribution in [3.8, 4) is 11.5 Å². The van der Waals surface area contributed by atoms with Crippen molar-refractivity contribution in [1.82, 2.24) is 10.0 Å². The van der Waals surface area contributed by atoms with E-state index in [-0.39, 0.29) is 19.0 Å². The third kappa shape index (κ3) is 27.9. The maximum atomic E-state index is 14.1. The van der Waals surface area contributed by atoms with Gasteiger partial charge in [-0.1, -0.05) is 111 Å². The van der Waals surface area contributed by atoms with Gasteiger partial charge in [-0.05, 0) is 30.7 Å². The Balaban J connectivity index is 2.43. The zero-order valence-electron chi connectivity index (χ0n) is 44.7. The van der Waals surface area contributed by atoms with Gasteiger partial charge < -0.3 is 4.74 Å². The summed E-state index contributed by atoms with van der Waals surface area (Å²) >= 11 is -2.76. The Morgan fingerprint density at radius 2 is 0.956 bits per heavy atom. The van der Waals surface area contributed by atoms with Gasteiger partial charge in [0.2, 0.25) is 0 Å². The van der Waals surface area contributed by atoms with E-state index in [1.54, 1.807) is 5.01 Å². The first-order chi connectivity index (χ1) is 32.8. The maximum absolute atomic E-state index is 14.1. The van der Waals surface area contributed by atoms with Gasteiger partial charge in [-0.3, -0.25) is 5.32 Å². The van der Waals surface area contributed by atoms with Crippen molar-refractivity contribution in [3.05, 3.63) is 42.5 Å². The number of benzene rings is 2. The molecule has 0 aromatic heterocycles. The molecule has 68 heavy (non-hydrogen) atoms. The summed E-state index contributed by atoms with van der Waals surface area (Å²) in [5.74, 6) is 1.58. The van der Waals surface area contributed by atoms with Crippen LogP contribution in [0, 0.1) is 0 Å². The molecule has 2 rings (SSSR count). The third-order valence-electron chi connectivity index (χ3n) is 12.6. The number of ether oxygens (including phenoxy) is 4. The van der Waals surface area contributed by atoms with Crippen molar-refractivity contribution in [2.24, 2.45) is 0 Å². The molecule has 2 unspecified atom stereocenters. The van der Waals surface area contributed by atoms with Crippen molar-refractivity contribution in [1.29, 1.82) is 0 Å². The SMILES string of the molecule is CCCCCCCCCCC(CN(CC(CCCCCCCCCC)OC(=O)Nc1ccc(OCCCC)c[c]1[Sn]([CH3])([CH3])[CH3])N(C)C(=O)CCCCC)OC(=O)Nc1ccc(OCCCC)cc1. The number of amides is 3. The van der Waals surface area contributed by atoms with E-state index in [0.717, 1.165) is 101 Å². The van der Waals surface area contributed by atoms with Crippen LogP contribution in [0.3, 0.4) is 0 Å². The molecule has 0 saturated carbocycles. The number of unbranched alkanes of at least 4 members (excludes halogenated alkanes) is 18. The molecule has 388 valence electrons. The molecular formula is C56H98N4O7Sn. The van der Waals surface area contributed by atoms with Crippen LogP contribution in [0.4, 0.5) is 21.0 Å². The summed E-state index contributed by atoms with van der Waals surface area (Å²) in [6.07, 6.45) is 25.0. The van der Waals surface area contributed by atoms with Crippen LogP contribution in [0.2, 0.25) is 14.8 Å². The van der Waals surface area contributed by atoms with E-state index in [9.17, 15) is 14.4 Å². The summed E-state index contributed by atoms with van der Waals surface area (Å²) in [6, 6.07) is 13.4. The number of rotatable bonds is 40. The molecule has 11 nitrogen and oxygen atoms in total. The number of hydrogen-bond donors (Lipinski definition) is 2. The number of carbonyl (C=O) groups is 3. The summed E-state index contributed by atoms with van der Waals surface area (Å²) in [5.41, 5.74) is 1.39. The summed E-state index contributed by atoms with van der Waals surface area (Å²) in [6.45, 7) is 12.8. The Morgan fingerprint density at radius 1 is 0.529 bits per heavy atom. The minimum atomic E-state index is -2.76. The molecule has 2 atom stereocenters. The molecule has 0 bridgehead atoms. The van der Waals surface area contributed by atoms with Crippen molar-refractivity contribution in [2.45, 2.75) is 229 Å². The van der Waals surface area contributed by atoms with E-state index >= 15 is 0 Å². The summed E-state index contributed by atoms with van der Waals surface area (Å²) in [7, 11) is 1.81. The molecule has 0 radical (unpaired) electrons. The quantitative estimate of drug-likeness (QED) is 0.0385. The fourth-order valence-corrected chi connectivity index (χ4v) is 12.6. The van der Waals surface area contributed by atoms with E-state index in [1.807, 2.05) is 48.5 Å². The molecule has 2 aromatic carbocycles. The van der Waals surface area contributed by atoms with E-state index in [1.165, 1.54) is 67.8 Å². The van der Waals surface area contributed by atoms with Gasteiger partial charge in [0, 0.05) is 5.69 Å². The second-order valence-corrected chi connectivity index (χ2v) is 34.3. The number of nitrogens with one attached hydrogen (secondary N) is 2. The number of nitrogens with zero attached hydrogens (tertiary/aromatic N) is 2. The molecule has 2 N–H and O–H groups in total. The molecule has 0 aliphatic carbocycles. The first-order valence-corrected chi connectivity index (χ1v) is 37.3. The van der Waals surface area contributed by atoms with Gasteiger partial charge >= 0.3 is 247 Å². The average molecular weight is 1060 g/mol. The van der Waals surface area contributed by atoms with Crippen LogP contribution >= 0.6 is 0 Å². The van der Waals surface area contributed by atoms with Gasteiger partial charge in [0.05, 0.1) is 6.61 Å². The minimum absolute atomic E-state index is 0.00572. The van der Waals surface area contributed by atoms with Gasteiger partial charge in [-0.25, -0.2) is 4.79 Å². The fraction of sp³-hybridized carbons (Fsp3) is 0.732. The molecule has 2 aromatic rings. The first kappa shape index (κ1) is 60.9. The smallest absolute Gasteiger partial charge is 0.494 e. The van der Waals surface area contributed by atoms with E-state index in [4.69, 9.17) is 18.9 Å². The van der Waals surface area contributed by atoms with Gasteiger partial charge in [0.1, 0.15) is 5.75 Å². The van der Waals surface area contributed by atoms with Crippen LogP contribution in [-0.4, -0.2) is 92.0 Å². The van der Waals surface area contributed by atoms with Crippen molar-refractivity contribution in [3.63, 3.8) is 0 Å². The Morgan fingerprint density at radius 3 is 1.44 bits per heavy atom. The predicted octanol–water partition coefficient (Wildman–Crippen LogP) is 15.4. The first-order valence-electron chi connectivity index (χ1n) is 27.3. The van der Waals surface area contributed by atoms with Gasteiger partial charge in [0.15, 0.2) is 0 Å². The summed E-state index contributed by atoms with van der Waals surface area (Å²) in [5, 5.41) is 9.75. The Kier molecular flexibility index (Phi) is 33.7. The van der Waals surface area contributed by atoms with Crippen LogP contribution in [0.1, 0.15) is 202 Å². The molecule has 0 heterocycles. The Bertz CT molecular complexity index is 1620. The van der Waals surface area contributed by atoms with Crippen LogP contribution in [0.5, 0.6) is 11.5 Å². The number of anilines is 2. The summed E-state index contributed by atoms with van der Waals surface area (Å²) in [4.78, 5) is 48.7. The second kappa shape index (κ2) is 37.6. The topological polar surface area (TPSA) is 119 Å². The predicted molar refractivity (Wildman–Crippen MR) is 287 cm³/mol. The molecule has 0 saturated heterocycles. The molecular weight excluding hydrogens is 959 g/mol. The average Bonchev–Trinajstić information content (AvgIpc) is 3.30. The Labute approximate surface area is 419 Å². The third-order valence-corrected chi connectivity index (χ3v) is 18.4. The van der Waals surface area contributed by atoms with Gasteiger partial charge in [-0.15, -0.1) is 0 Å². The molecule has 12 heteroatoms. The Hall–Kier alpha value is -3.19. The summed E-state index contributed by atoms with van der Waals surface area (Å²) < 4.78 is 25.8. The van der Waals surface area contributed by atoms with Crippen molar-refractivity contribution in [2.75, 3.05) is 44.0 Å². The number of hydrazine groups is 1. The number of carbonyl (C=O) groups excluding carboxylic acids is 3. The fourth-order valence-electron chi connectivity index (χ4n) is 8.26. The molecule has 0 aliphatic heterocycles. The molecule has 0 fully saturated rings. The normalized spacial score (nSPS) is 12.4. The second-order valence-electron chi connectivity index (χ2n) is 20.0. The zero-order valence-corrected chi connectivity index (χ0v) is 47.5. The van der Waals surface area contributed by atoms with Crippen LogP contribution < -0.4 is 23.7 Å². The van der Waals surface area contributed by atoms with Crippen molar-refractivity contribution >= 4 is 51.4 Å². The zero-order chi connectivity index (χ0) is 49.8. The number of hydrogen-bond acceptors (Lipinski definition) is 8. The molecule has 0 spiro atoms. The molecule has 0 aliphatic rings.